The van der Waals surface area contributed by atoms with Crippen molar-refractivity contribution in [2.24, 2.45) is 0 Å². The minimum absolute atomic E-state index is 0.158. The van der Waals surface area contributed by atoms with Crippen molar-refractivity contribution in [1.29, 1.82) is 0 Å². The van der Waals surface area contributed by atoms with Crippen molar-refractivity contribution in [3.63, 3.8) is 0 Å². The summed E-state index contributed by atoms with van der Waals surface area (Å²) in [6.45, 7) is 3.60. The van der Waals surface area contributed by atoms with E-state index in [4.69, 9.17) is 9.84 Å². The summed E-state index contributed by atoms with van der Waals surface area (Å²) in [7, 11) is 0. The van der Waals surface area contributed by atoms with Gasteiger partial charge in [-0.15, -0.1) is 0 Å². The van der Waals surface area contributed by atoms with Crippen LogP contribution in [0.4, 0.5) is 0 Å². The van der Waals surface area contributed by atoms with E-state index in [9.17, 15) is 9.59 Å². The smallest absolute Gasteiger partial charge is 0.303 e. The van der Waals surface area contributed by atoms with Crippen molar-refractivity contribution in [2.45, 2.75) is 103 Å². The van der Waals surface area contributed by atoms with Gasteiger partial charge in [-0.25, -0.2) is 0 Å². The minimum Gasteiger partial charge on any atom is -0.481 e. The fourth-order valence-electron chi connectivity index (χ4n) is 2.66. The SMILES string of the molecule is CCCCCC(/C=C/C#CCCCCCCCCCC(=O)O)OC(C)=O. The van der Waals surface area contributed by atoms with Gasteiger partial charge >= 0.3 is 11.9 Å². The van der Waals surface area contributed by atoms with Crippen LogP contribution in [0.3, 0.4) is 0 Å². The van der Waals surface area contributed by atoms with Gasteiger partial charge in [0.1, 0.15) is 6.10 Å². The van der Waals surface area contributed by atoms with Gasteiger partial charge in [0.15, 0.2) is 0 Å². The normalized spacial score (nSPS) is 11.8. The number of esters is 1. The molecule has 0 rings (SSSR count). The molecule has 0 aliphatic rings. The Hall–Kier alpha value is -1.76. The zero-order valence-electron chi connectivity index (χ0n) is 16.6. The number of allylic oxidation sites excluding steroid dienone is 1. The number of unbranched alkanes of at least 4 members (excludes halogenated alkanes) is 9. The quantitative estimate of drug-likeness (QED) is 0.231. The molecule has 26 heavy (non-hydrogen) atoms. The van der Waals surface area contributed by atoms with Crippen molar-refractivity contribution < 1.29 is 19.4 Å². The Bertz CT molecular complexity index is 456. The number of carboxylic acid groups (broad SMARTS) is 1. The summed E-state index contributed by atoms with van der Waals surface area (Å²) in [6.07, 6.45) is 16.5. The zero-order valence-corrected chi connectivity index (χ0v) is 16.6. The zero-order chi connectivity index (χ0) is 19.5. The van der Waals surface area contributed by atoms with Crippen molar-refractivity contribution in [2.75, 3.05) is 0 Å². The molecule has 0 spiro atoms. The molecule has 1 unspecified atom stereocenters. The van der Waals surface area contributed by atoms with E-state index in [0.29, 0.717) is 6.42 Å². The summed E-state index contributed by atoms with van der Waals surface area (Å²) in [4.78, 5) is 21.5. The summed E-state index contributed by atoms with van der Waals surface area (Å²) < 4.78 is 5.28. The number of hydrogen-bond acceptors (Lipinski definition) is 3. The Morgan fingerprint density at radius 1 is 1.00 bits per heavy atom. The van der Waals surface area contributed by atoms with Crippen LogP contribution in [0.1, 0.15) is 97.3 Å². The lowest BCUT2D eigenvalue weighted by atomic mass is 10.1. The first-order chi connectivity index (χ1) is 12.6. The molecule has 0 aliphatic heterocycles. The van der Waals surface area contributed by atoms with Gasteiger partial charge in [0.05, 0.1) is 0 Å². The highest BCUT2D eigenvalue weighted by molar-refractivity contribution is 5.66. The van der Waals surface area contributed by atoms with Gasteiger partial charge in [-0.1, -0.05) is 63.7 Å². The molecule has 0 fully saturated rings. The summed E-state index contributed by atoms with van der Waals surface area (Å²) >= 11 is 0. The van der Waals surface area contributed by atoms with Crippen LogP contribution in [0.25, 0.3) is 0 Å². The molecule has 0 radical (unpaired) electrons. The van der Waals surface area contributed by atoms with Crippen LogP contribution in [-0.4, -0.2) is 23.1 Å². The third kappa shape index (κ3) is 18.6. The maximum absolute atomic E-state index is 11.1. The monoisotopic (exact) mass is 364 g/mol. The topological polar surface area (TPSA) is 63.6 Å². The van der Waals surface area contributed by atoms with Crippen molar-refractivity contribution >= 4 is 11.9 Å². The first-order valence-corrected chi connectivity index (χ1v) is 10.1. The van der Waals surface area contributed by atoms with Crippen LogP contribution in [0.15, 0.2) is 12.2 Å². The minimum atomic E-state index is -0.697. The largest absolute Gasteiger partial charge is 0.481 e. The Labute approximate surface area is 159 Å². The lowest BCUT2D eigenvalue weighted by Crippen LogP contribution is -2.13. The number of ether oxygens (including phenoxy) is 1. The summed E-state index contributed by atoms with van der Waals surface area (Å²) in [5.41, 5.74) is 0. The van der Waals surface area contributed by atoms with Gasteiger partial charge in [-0.3, -0.25) is 9.59 Å². The first-order valence-electron chi connectivity index (χ1n) is 10.1. The van der Waals surface area contributed by atoms with E-state index in [0.717, 1.165) is 57.8 Å². The number of hydrogen-bond donors (Lipinski definition) is 1. The van der Waals surface area contributed by atoms with Crippen LogP contribution in [0.2, 0.25) is 0 Å². The van der Waals surface area contributed by atoms with E-state index in [2.05, 4.69) is 18.8 Å². The maximum atomic E-state index is 11.1. The number of aliphatic carboxylic acids is 1. The lowest BCUT2D eigenvalue weighted by molar-refractivity contribution is -0.144. The molecule has 4 heteroatoms. The van der Waals surface area contributed by atoms with Crippen LogP contribution in [-0.2, 0) is 14.3 Å². The van der Waals surface area contributed by atoms with Crippen molar-refractivity contribution in [1.82, 2.24) is 0 Å². The van der Waals surface area contributed by atoms with E-state index in [1.807, 2.05) is 12.2 Å². The Kier molecular flexibility index (Phi) is 16.8. The highest BCUT2D eigenvalue weighted by atomic mass is 16.5. The summed E-state index contributed by atoms with van der Waals surface area (Å²) in [6, 6.07) is 0. The van der Waals surface area contributed by atoms with Gasteiger partial charge in [-0.05, 0) is 37.8 Å². The molecule has 0 aromatic carbocycles. The van der Waals surface area contributed by atoms with E-state index >= 15 is 0 Å². The predicted octanol–water partition coefficient (Wildman–Crippen LogP) is 5.65. The maximum Gasteiger partial charge on any atom is 0.303 e. The lowest BCUT2D eigenvalue weighted by Gasteiger charge is -2.12. The molecule has 0 heterocycles. The molecule has 0 aromatic rings. The van der Waals surface area contributed by atoms with Crippen LogP contribution in [0.5, 0.6) is 0 Å². The van der Waals surface area contributed by atoms with Gasteiger partial charge < -0.3 is 9.84 Å². The standard InChI is InChI=1S/C22H36O4/c1-3-4-14-17-21(26-20(2)23)18-15-12-10-8-6-5-7-9-11-13-16-19-22(24)25/h15,18,21H,3-9,11,13-14,16-17,19H2,1-2H3,(H,24,25)/b18-15+. The molecule has 0 amide bonds. The number of carbonyl (C=O) groups excluding carboxylic acids is 1. The molecule has 0 aromatic heterocycles. The third-order valence-electron chi connectivity index (χ3n) is 4.10. The molecule has 0 aliphatic carbocycles. The van der Waals surface area contributed by atoms with Gasteiger partial charge in [0, 0.05) is 19.8 Å². The Morgan fingerprint density at radius 3 is 2.27 bits per heavy atom. The van der Waals surface area contributed by atoms with Gasteiger partial charge in [0.25, 0.3) is 0 Å². The Morgan fingerprint density at radius 2 is 1.65 bits per heavy atom. The molecule has 1 N–H and O–H groups in total. The van der Waals surface area contributed by atoms with Crippen molar-refractivity contribution in [3.8, 4) is 11.8 Å². The highest BCUT2D eigenvalue weighted by Gasteiger charge is 2.06. The molecular formula is C22H36O4. The average molecular weight is 365 g/mol. The van der Waals surface area contributed by atoms with Gasteiger partial charge in [-0.2, -0.15) is 0 Å². The average Bonchev–Trinajstić information content (AvgIpc) is 2.58. The fraction of sp³-hybridized carbons (Fsp3) is 0.727. The third-order valence-corrected chi connectivity index (χ3v) is 4.10. The van der Waals surface area contributed by atoms with Crippen LogP contribution < -0.4 is 0 Å². The van der Waals surface area contributed by atoms with Crippen LogP contribution in [0, 0.1) is 11.8 Å². The molecule has 0 saturated carbocycles. The first kappa shape index (κ1) is 24.2. The molecule has 0 saturated heterocycles. The summed E-state index contributed by atoms with van der Waals surface area (Å²) in [5, 5.41) is 8.55. The molecule has 148 valence electrons. The second-order valence-corrected chi connectivity index (χ2v) is 6.69. The summed E-state index contributed by atoms with van der Waals surface area (Å²) in [5.74, 6) is 5.23. The molecular weight excluding hydrogens is 328 g/mol. The highest BCUT2D eigenvalue weighted by Crippen LogP contribution is 2.10. The molecule has 0 bridgehead atoms. The van der Waals surface area contributed by atoms with Crippen molar-refractivity contribution in [3.05, 3.63) is 12.2 Å². The molecule has 1 atom stereocenters. The molecule has 4 nitrogen and oxygen atoms in total. The Balaban J connectivity index is 3.72. The number of rotatable bonds is 15. The second-order valence-electron chi connectivity index (χ2n) is 6.69. The second kappa shape index (κ2) is 18.0. The van der Waals surface area contributed by atoms with E-state index in [1.54, 1.807) is 0 Å². The fourth-order valence-corrected chi connectivity index (χ4v) is 2.66. The van der Waals surface area contributed by atoms with E-state index in [-0.39, 0.29) is 12.1 Å². The number of carbonyl (C=O) groups is 2. The number of carboxylic acids is 1. The van der Waals surface area contributed by atoms with Gasteiger partial charge in [0.2, 0.25) is 0 Å². The van der Waals surface area contributed by atoms with E-state index in [1.165, 1.54) is 26.2 Å². The predicted molar refractivity (Wildman–Crippen MR) is 106 cm³/mol. The van der Waals surface area contributed by atoms with Crippen LogP contribution >= 0.6 is 0 Å². The van der Waals surface area contributed by atoms with E-state index < -0.39 is 5.97 Å².